The quantitative estimate of drug-likeness (QED) is 0.837. The Hall–Kier alpha value is -2.47. The molecule has 0 unspecified atom stereocenters. The molecule has 1 N–H and O–H groups in total. The summed E-state index contributed by atoms with van der Waals surface area (Å²) in [6.07, 6.45) is 4.21. The molecule has 1 aliphatic heterocycles. The van der Waals surface area contributed by atoms with Crippen LogP contribution in [0.1, 0.15) is 31.2 Å². The average Bonchev–Trinajstić information content (AvgIpc) is 3.30. The largest absolute Gasteiger partial charge is 0.325 e. The molecule has 1 saturated carbocycles. The van der Waals surface area contributed by atoms with Crippen LogP contribution in [0.2, 0.25) is 0 Å². The molecule has 0 radical (unpaired) electrons. The Kier molecular flexibility index (Phi) is 5.07. The normalized spacial score (nSPS) is 17.7. The summed E-state index contributed by atoms with van der Waals surface area (Å²) in [6.45, 7) is 0. The first-order valence-corrected chi connectivity index (χ1v) is 10.1. The third-order valence-electron chi connectivity index (χ3n) is 4.75. The zero-order valence-electron chi connectivity index (χ0n) is 14.8. The summed E-state index contributed by atoms with van der Waals surface area (Å²) in [5, 5.41) is 3.62. The minimum absolute atomic E-state index is 0.144. The number of benzene rings is 2. The molecule has 0 bridgehead atoms. The molecule has 2 aromatic rings. The predicted molar refractivity (Wildman–Crippen MR) is 109 cm³/mol. The minimum Gasteiger partial charge on any atom is -0.325 e. The summed E-state index contributed by atoms with van der Waals surface area (Å²) in [6, 6.07) is 15.8. The molecule has 0 saturated heterocycles. The van der Waals surface area contributed by atoms with Gasteiger partial charge in [0.25, 0.3) is 0 Å². The third kappa shape index (κ3) is 4.11. The number of thioether (sulfide) groups is 1. The summed E-state index contributed by atoms with van der Waals surface area (Å²) in [7, 11) is 0. The Balaban J connectivity index is 1.47. The van der Waals surface area contributed by atoms with Crippen LogP contribution in [-0.4, -0.2) is 28.1 Å². The van der Waals surface area contributed by atoms with Gasteiger partial charge in [-0.25, -0.2) is 9.38 Å². The second-order valence-electron chi connectivity index (χ2n) is 6.78. The van der Waals surface area contributed by atoms with Crippen LogP contribution in [0.15, 0.2) is 64.6 Å². The molecule has 2 aliphatic rings. The summed E-state index contributed by atoms with van der Waals surface area (Å²) in [5.74, 6) is -0.236. The van der Waals surface area contributed by atoms with Crippen LogP contribution < -0.4 is 5.32 Å². The first-order valence-electron chi connectivity index (χ1n) is 9.07. The fourth-order valence-corrected chi connectivity index (χ4v) is 4.31. The van der Waals surface area contributed by atoms with Gasteiger partial charge in [-0.2, -0.15) is 0 Å². The maximum Gasteiger partial charge on any atom is 0.234 e. The number of anilines is 1. The lowest BCUT2D eigenvalue weighted by Gasteiger charge is -2.14. The van der Waals surface area contributed by atoms with Gasteiger partial charge in [-0.15, -0.1) is 0 Å². The van der Waals surface area contributed by atoms with E-state index in [9.17, 15) is 9.18 Å². The fraction of sp³-hybridized carbons (Fsp3) is 0.286. The zero-order chi connectivity index (χ0) is 18.7. The molecule has 6 heteroatoms. The van der Waals surface area contributed by atoms with E-state index in [-0.39, 0.29) is 23.1 Å². The van der Waals surface area contributed by atoms with Crippen molar-refractivity contribution in [1.82, 2.24) is 0 Å². The van der Waals surface area contributed by atoms with Gasteiger partial charge in [0, 0.05) is 11.3 Å². The van der Waals surface area contributed by atoms with E-state index < -0.39 is 0 Å². The lowest BCUT2D eigenvalue weighted by molar-refractivity contribution is -0.113. The summed E-state index contributed by atoms with van der Waals surface area (Å²) in [4.78, 5) is 22.2. The number of carbonyl (C=O) groups is 1. The monoisotopic (exact) mass is 381 g/mol. The van der Waals surface area contributed by atoms with Crippen molar-refractivity contribution in [2.45, 2.75) is 31.3 Å². The van der Waals surface area contributed by atoms with Crippen LogP contribution >= 0.6 is 11.8 Å². The zero-order valence-corrected chi connectivity index (χ0v) is 15.6. The van der Waals surface area contributed by atoms with Crippen LogP contribution in [0.25, 0.3) is 0 Å². The lowest BCUT2D eigenvalue weighted by atomic mass is 10.1. The van der Waals surface area contributed by atoms with Gasteiger partial charge in [-0.05, 0) is 49.9 Å². The Morgan fingerprint density at radius 1 is 1.04 bits per heavy atom. The summed E-state index contributed by atoms with van der Waals surface area (Å²) < 4.78 is 13.0. The molecule has 1 spiro atoms. The molecule has 1 aliphatic carbocycles. The third-order valence-corrected chi connectivity index (χ3v) is 5.72. The SMILES string of the molecule is O=C(CSC1=NC2(CCCC2)N=C1c1ccccc1)Nc1ccc(F)cc1. The Labute approximate surface area is 162 Å². The number of rotatable bonds is 4. The van der Waals surface area contributed by atoms with Crippen LogP contribution in [-0.2, 0) is 4.79 Å². The van der Waals surface area contributed by atoms with Gasteiger partial charge in [-0.3, -0.25) is 9.79 Å². The molecular weight excluding hydrogens is 361 g/mol. The molecule has 0 atom stereocenters. The van der Waals surface area contributed by atoms with Gasteiger partial charge in [0.1, 0.15) is 10.9 Å². The highest BCUT2D eigenvalue weighted by atomic mass is 32.2. The van der Waals surface area contributed by atoms with Crippen molar-refractivity contribution in [1.29, 1.82) is 0 Å². The van der Waals surface area contributed by atoms with Gasteiger partial charge < -0.3 is 5.32 Å². The minimum atomic E-state index is -0.332. The average molecular weight is 381 g/mol. The molecule has 138 valence electrons. The first-order chi connectivity index (χ1) is 13.1. The van der Waals surface area contributed by atoms with Gasteiger partial charge in [-0.1, -0.05) is 42.1 Å². The summed E-state index contributed by atoms with van der Waals surface area (Å²) in [5.41, 5.74) is 2.17. The number of hydrogen-bond donors (Lipinski definition) is 1. The van der Waals surface area contributed by atoms with E-state index in [0.717, 1.165) is 42.0 Å². The van der Waals surface area contributed by atoms with Gasteiger partial charge in [0.2, 0.25) is 5.91 Å². The van der Waals surface area contributed by atoms with E-state index in [4.69, 9.17) is 9.98 Å². The Morgan fingerprint density at radius 3 is 2.44 bits per heavy atom. The molecule has 1 fully saturated rings. The number of carbonyl (C=O) groups excluding carboxylic acids is 1. The van der Waals surface area contributed by atoms with E-state index >= 15 is 0 Å². The smallest absolute Gasteiger partial charge is 0.234 e. The Morgan fingerprint density at radius 2 is 1.74 bits per heavy atom. The van der Waals surface area contributed by atoms with Crippen molar-refractivity contribution in [3.05, 3.63) is 66.0 Å². The van der Waals surface area contributed by atoms with Crippen molar-refractivity contribution in [2.75, 3.05) is 11.1 Å². The van der Waals surface area contributed by atoms with E-state index in [1.807, 2.05) is 30.3 Å². The van der Waals surface area contributed by atoms with Crippen molar-refractivity contribution in [3.63, 3.8) is 0 Å². The number of nitrogens with one attached hydrogen (secondary N) is 1. The van der Waals surface area contributed by atoms with Crippen LogP contribution in [0, 0.1) is 5.82 Å². The van der Waals surface area contributed by atoms with Crippen molar-refractivity contribution in [2.24, 2.45) is 9.98 Å². The lowest BCUT2D eigenvalue weighted by Crippen LogP contribution is -2.17. The van der Waals surface area contributed by atoms with Crippen LogP contribution in [0.5, 0.6) is 0 Å². The van der Waals surface area contributed by atoms with E-state index in [1.165, 1.54) is 23.9 Å². The molecule has 27 heavy (non-hydrogen) atoms. The van der Waals surface area contributed by atoms with Gasteiger partial charge >= 0.3 is 0 Å². The maximum atomic E-state index is 13.0. The van der Waals surface area contributed by atoms with E-state index in [1.54, 1.807) is 12.1 Å². The highest BCUT2D eigenvalue weighted by Gasteiger charge is 2.39. The van der Waals surface area contributed by atoms with Crippen LogP contribution in [0.4, 0.5) is 10.1 Å². The molecule has 2 aromatic carbocycles. The fourth-order valence-electron chi connectivity index (χ4n) is 3.44. The molecule has 4 nitrogen and oxygen atoms in total. The highest BCUT2D eigenvalue weighted by Crippen LogP contribution is 2.40. The maximum absolute atomic E-state index is 13.0. The van der Waals surface area contributed by atoms with Gasteiger partial charge in [0.05, 0.1) is 11.5 Å². The second kappa shape index (κ2) is 7.64. The molecule has 4 rings (SSSR count). The van der Waals surface area contributed by atoms with E-state index in [2.05, 4.69) is 5.32 Å². The Bertz CT molecular complexity index is 887. The van der Waals surface area contributed by atoms with Crippen molar-refractivity contribution >= 4 is 34.1 Å². The van der Waals surface area contributed by atoms with Crippen LogP contribution in [0.3, 0.4) is 0 Å². The topological polar surface area (TPSA) is 53.8 Å². The molecule has 1 amide bonds. The molecule has 1 heterocycles. The van der Waals surface area contributed by atoms with Crippen molar-refractivity contribution in [3.8, 4) is 0 Å². The summed E-state index contributed by atoms with van der Waals surface area (Å²) >= 11 is 1.41. The number of aliphatic imine (C=N–C) groups is 2. The second-order valence-corrected chi connectivity index (χ2v) is 7.74. The standard InChI is InChI=1S/C21H20FN3OS/c22-16-8-10-17(11-9-16)23-18(26)14-27-20-19(15-6-2-1-3-7-15)24-21(25-20)12-4-5-13-21/h1-3,6-11H,4-5,12-14H2,(H,23,26). The first kappa shape index (κ1) is 17.9. The number of amides is 1. The molecule has 0 aromatic heterocycles. The molecular formula is C21H20FN3OS. The number of hydrogen-bond acceptors (Lipinski definition) is 4. The number of nitrogens with zero attached hydrogens (tertiary/aromatic N) is 2. The van der Waals surface area contributed by atoms with Gasteiger partial charge in [0.15, 0.2) is 5.66 Å². The number of halogens is 1. The predicted octanol–water partition coefficient (Wildman–Crippen LogP) is 4.67. The van der Waals surface area contributed by atoms with Crippen molar-refractivity contribution < 1.29 is 9.18 Å². The van der Waals surface area contributed by atoms with E-state index in [0.29, 0.717) is 5.69 Å². The highest BCUT2D eigenvalue weighted by molar-refractivity contribution is 8.16.